The number of anilines is 1. The highest BCUT2D eigenvalue weighted by molar-refractivity contribution is 9.10. The summed E-state index contributed by atoms with van der Waals surface area (Å²) in [6.07, 6.45) is 3.67. The number of ether oxygens (including phenoxy) is 3. The maximum absolute atomic E-state index is 5.54. The number of aromatic nitrogens is 4. The Hall–Kier alpha value is -4.11. The molecule has 0 saturated heterocycles. The number of nitrogens with one attached hydrogen (secondary N) is 1. The second kappa shape index (κ2) is 10.5. The van der Waals surface area contributed by atoms with Gasteiger partial charge in [0.2, 0.25) is 0 Å². The lowest BCUT2D eigenvalue weighted by Gasteiger charge is -2.16. The molecule has 0 spiro atoms. The fraction of sp³-hybridized carbons (Fsp3) is 0.179. The number of aryl methyl sites for hydroxylation is 1. The molecule has 0 amide bonds. The molecule has 0 atom stereocenters. The van der Waals surface area contributed by atoms with Gasteiger partial charge in [-0.3, -0.25) is 0 Å². The molecule has 3 aromatic carbocycles. The van der Waals surface area contributed by atoms with Gasteiger partial charge in [-0.25, -0.2) is 4.68 Å². The van der Waals surface area contributed by atoms with Gasteiger partial charge in [0.25, 0.3) is 0 Å². The minimum atomic E-state index is 0.524. The Bertz CT molecular complexity index is 1570. The summed E-state index contributed by atoms with van der Waals surface area (Å²) in [6, 6.07) is 18.0. The van der Waals surface area contributed by atoms with E-state index >= 15 is 0 Å². The summed E-state index contributed by atoms with van der Waals surface area (Å²) in [7, 11) is 4.94. The van der Waals surface area contributed by atoms with Crippen LogP contribution in [-0.4, -0.2) is 41.3 Å². The standard InChI is InChI=1S/C28H26BrN5O3/c1-17-22-12-18(23-14-24(29)27(37-4)15-25(23)34-11-5-10-31-34)7-9-21(22)28(33-32-17)30-16-19-6-8-20(35-2)13-26(19)36-3/h5-15H,16H2,1-4H3,(H,30,33). The van der Waals surface area contributed by atoms with Crippen LogP contribution in [0.5, 0.6) is 17.2 Å². The minimum Gasteiger partial charge on any atom is -0.497 e. The quantitative estimate of drug-likeness (QED) is 0.242. The Morgan fingerprint density at radius 2 is 1.73 bits per heavy atom. The molecule has 1 N–H and O–H groups in total. The van der Waals surface area contributed by atoms with E-state index < -0.39 is 0 Å². The molecule has 9 heteroatoms. The smallest absolute Gasteiger partial charge is 0.156 e. The van der Waals surface area contributed by atoms with Crippen molar-refractivity contribution in [1.82, 2.24) is 20.0 Å². The van der Waals surface area contributed by atoms with Gasteiger partial charge in [0.1, 0.15) is 17.2 Å². The Labute approximate surface area is 223 Å². The molecule has 5 rings (SSSR count). The summed E-state index contributed by atoms with van der Waals surface area (Å²) in [5.74, 6) is 2.92. The van der Waals surface area contributed by atoms with Crippen LogP contribution in [0.25, 0.3) is 27.6 Å². The first-order valence-electron chi connectivity index (χ1n) is 11.6. The predicted octanol–water partition coefficient (Wildman–Crippen LogP) is 6.19. The molecule has 0 unspecified atom stereocenters. The minimum absolute atomic E-state index is 0.524. The number of nitrogens with zero attached hydrogens (tertiary/aromatic N) is 4. The van der Waals surface area contributed by atoms with E-state index in [0.717, 1.165) is 60.6 Å². The molecule has 8 nitrogen and oxygen atoms in total. The van der Waals surface area contributed by atoms with Crippen LogP contribution in [0.2, 0.25) is 0 Å². The fourth-order valence-corrected chi connectivity index (χ4v) is 4.79. The van der Waals surface area contributed by atoms with Crippen LogP contribution >= 0.6 is 15.9 Å². The van der Waals surface area contributed by atoms with Gasteiger partial charge in [-0.05, 0) is 64.8 Å². The zero-order valence-electron chi connectivity index (χ0n) is 20.9. The molecule has 0 aliphatic rings. The molecule has 2 heterocycles. The number of hydrogen-bond donors (Lipinski definition) is 1. The molecule has 37 heavy (non-hydrogen) atoms. The van der Waals surface area contributed by atoms with Gasteiger partial charge >= 0.3 is 0 Å². The number of rotatable bonds is 8. The molecule has 2 aromatic heterocycles. The predicted molar refractivity (Wildman–Crippen MR) is 148 cm³/mol. The summed E-state index contributed by atoms with van der Waals surface area (Å²) in [5.41, 5.74) is 4.78. The number of fused-ring (bicyclic) bond motifs is 1. The van der Waals surface area contributed by atoms with Crippen LogP contribution in [0.3, 0.4) is 0 Å². The largest absolute Gasteiger partial charge is 0.497 e. The van der Waals surface area contributed by atoms with Crippen LogP contribution < -0.4 is 19.5 Å². The summed E-state index contributed by atoms with van der Waals surface area (Å²) in [5, 5.41) is 18.7. The van der Waals surface area contributed by atoms with Crippen molar-refractivity contribution in [2.45, 2.75) is 13.5 Å². The maximum atomic E-state index is 5.54. The average Bonchev–Trinajstić information content (AvgIpc) is 3.47. The van der Waals surface area contributed by atoms with Crippen molar-refractivity contribution in [3.63, 3.8) is 0 Å². The Morgan fingerprint density at radius 3 is 2.46 bits per heavy atom. The van der Waals surface area contributed by atoms with E-state index in [-0.39, 0.29) is 0 Å². The molecule has 0 bridgehead atoms. The highest BCUT2D eigenvalue weighted by Crippen LogP contribution is 2.38. The Kier molecular flexibility index (Phi) is 6.96. The van der Waals surface area contributed by atoms with E-state index in [1.165, 1.54) is 0 Å². The summed E-state index contributed by atoms with van der Waals surface area (Å²) >= 11 is 3.64. The lowest BCUT2D eigenvalue weighted by molar-refractivity contribution is 0.391. The van der Waals surface area contributed by atoms with Crippen LogP contribution in [0.15, 0.2) is 71.5 Å². The third-order valence-corrected chi connectivity index (χ3v) is 6.86. The van der Waals surface area contributed by atoms with Crippen molar-refractivity contribution in [2.75, 3.05) is 26.6 Å². The number of hydrogen-bond acceptors (Lipinski definition) is 7. The number of benzene rings is 3. The van der Waals surface area contributed by atoms with Crippen LogP contribution in [0, 0.1) is 6.92 Å². The van der Waals surface area contributed by atoms with E-state index in [1.807, 2.05) is 48.1 Å². The van der Waals surface area contributed by atoms with Gasteiger partial charge in [0.15, 0.2) is 5.82 Å². The van der Waals surface area contributed by atoms with Crippen molar-refractivity contribution < 1.29 is 14.2 Å². The van der Waals surface area contributed by atoms with Gasteiger partial charge in [-0.2, -0.15) is 10.2 Å². The van der Waals surface area contributed by atoms with Gasteiger partial charge in [0, 0.05) is 53.0 Å². The Balaban J connectivity index is 1.54. The van der Waals surface area contributed by atoms with Gasteiger partial charge in [-0.1, -0.05) is 6.07 Å². The third kappa shape index (κ3) is 4.82. The van der Waals surface area contributed by atoms with Crippen molar-refractivity contribution in [3.8, 4) is 34.1 Å². The first-order valence-corrected chi connectivity index (χ1v) is 12.4. The molecule has 0 fully saturated rings. The second-order valence-electron chi connectivity index (χ2n) is 8.38. The topological polar surface area (TPSA) is 83.3 Å². The SMILES string of the molecule is COc1ccc(CNc2nnc(C)c3cc(-c4cc(Br)c(OC)cc4-n4cccn4)ccc23)c(OC)c1. The first-order chi connectivity index (χ1) is 18.0. The van der Waals surface area contributed by atoms with E-state index in [1.54, 1.807) is 27.5 Å². The van der Waals surface area contributed by atoms with E-state index in [9.17, 15) is 0 Å². The fourth-order valence-electron chi connectivity index (χ4n) is 4.29. The summed E-state index contributed by atoms with van der Waals surface area (Å²) < 4.78 is 19.1. The van der Waals surface area contributed by atoms with Crippen molar-refractivity contribution in [2.24, 2.45) is 0 Å². The van der Waals surface area contributed by atoms with E-state index in [2.05, 4.69) is 60.8 Å². The number of methoxy groups -OCH3 is 3. The summed E-state index contributed by atoms with van der Waals surface area (Å²) in [4.78, 5) is 0. The third-order valence-electron chi connectivity index (χ3n) is 6.24. The van der Waals surface area contributed by atoms with Gasteiger partial charge in [-0.15, -0.1) is 5.10 Å². The molecule has 0 aliphatic carbocycles. The molecule has 0 aliphatic heterocycles. The first kappa shape index (κ1) is 24.6. The van der Waals surface area contributed by atoms with Crippen LogP contribution in [-0.2, 0) is 6.54 Å². The zero-order chi connectivity index (χ0) is 25.9. The number of halogens is 1. The van der Waals surface area contributed by atoms with Crippen molar-refractivity contribution in [1.29, 1.82) is 0 Å². The van der Waals surface area contributed by atoms with E-state index in [0.29, 0.717) is 12.4 Å². The van der Waals surface area contributed by atoms with Crippen LogP contribution in [0.4, 0.5) is 5.82 Å². The molecular weight excluding hydrogens is 534 g/mol. The lowest BCUT2D eigenvalue weighted by Crippen LogP contribution is -2.06. The average molecular weight is 560 g/mol. The van der Waals surface area contributed by atoms with Gasteiger partial charge < -0.3 is 19.5 Å². The molecule has 5 aromatic rings. The van der Waals surface area contributed by atoms with Crippen molar-refractivity contribution in [3.05, 3.63) is 82.7 Å². The molecule has 0 radical (unpaired) electrons. The molecule has 188 valence electrons. The van der Waals surface area contributed by atoms with E-state index in [4.69, 9.17) is 14.2 Å². The lowest BCUT2D eigenvalue weighted by atomic mass is 9.99. The van der Waals surface area contributed by atoms with Gasteiger partial charge in [0.05, 0.1) is 37.2 Å². The maximum Gasteiger partial charge on any atom is 0.156 e. The normalized spacial score (nSPS) is 10.9. The molecular formula is C28H26BrN5O3. The second-order valence-corrected chi connectivity index (χ2v) is 9.23. The van der Waals surface area contributed by atoms with Crippen LogP contribution in [0.1, 0.15) is 11.3 Å². The zero-order valence-corrected chi connectivity index (χ0v) is 22.5. The molecule has 0 saturated carbocycles. The highest BCUT2D eigenvalue weighted by Gasteiger charge is 2.16. The Morgan fingerprint density at radius 1 is 0.892 bits per heavy atom. The summed E-state index contributed by atoms with van der Waals surface area (Å²) in [6.45, 7) is 2.49. The highest BCUT2D eigenvalue weighted by atomic mass is 79.9. The monoisotopic (exact) mass is 559 g/mol. The van der Waals surface area contributed by atoms with Crippen molar-refractivity contribution >= 4 is 32.5 Å².